The highest BCUT2D eigenvalue weighted by Gasteiger charge is 2.48. The van der Waals surface area contributed by atoms with Gasteiger partial charge in [-0.15, -0.1) is 5.92 Å². The van der Waals surface area contributed by atoms with Crippen LogP contribution in [-0.2, 0) is 9.47 Å². The smallest absolute Gasteiger partial charge is 0.147 e. The van der Waals surface area contributed by atoms with E-state index in [4.69, 9.17) is 9.47 Å². The summed E-state index contributed by atoms with van der Waals surface area (Å²) in [5.74, 6) is 6.53. The van der Waals surface area contributed by atoms with Gasteiger partial charge in [0, 0.05) is 27.0 Å². The lowest BCUT2D eigenvalue weighted by molar-refractivity contribution is -0.132. The van der Waals surface area contributed by atoms with Crippen LogP contribution in [0.5, 0.6) is 0 Å². The van der Waals surface area contributed by atoms with Crippen molar-refractivity contribution in [2.75, 3.05) is 13.4 Å². The molecule has 0 radical (unpaired) electrons. The Bertz CT molecular complexity index is 651. The van der Waals surface area contributed by atoms with Crippen molar-refractivity contribution in [3.8, 4) is 11.8 Å². The minimum absolute atomic E-state index is 0.0137. The van der Waals surface area contributed by atoms with Crippen LogP contribution in [0.2, 0.25) is 25.7 Å². The molecule has 4 heteroatoms. The first-order chi connectivity index (χ1) is 13.5. The third-order valence-corrected chi connectivity index (χ3v) is 8.67. The second kappa shape index (κ2) is 10.4. The van der Waals surface area contributed by atoms with Crippen molar-refractivity contribution in [2.45, 2.75) is 90.8 Å². The Morgan fingerprint density at radius 2 is 2.07 bits per heavy atom. The molecule has 2 aliphatic rings. The minimum Gasteiger partial charge on any atom is -0.380 e. The van der Waals surface area contributed by atoms with Gasteiger partial charge in [0.1, 0.15) is 12.9 Å². The Balaban J connectivity index is 2.13. The number of hydrogen-bond acceptors (Lipinski definition) is 3. The van der Waals surface area contributed by atoms with E-state index >= 15 is 0 Å². The molecule has 0 unspecified atom stereocenters. The van der Waals surface area contributed by atoms with Gasteiger partial charge in [0.25, 0.3) is 0 Å². The van der Waals surface area contributed by atoms with E-state index in [2.05, 4.69) is 64.9 Å². The van der Waals surface area contributed by atoms with Crippen LogP contribution in [-0.4, -0.2) is 38.8 Å². The van der Waals surface area contributed by atoms with E-state index in [1.807, 2.05) is 0 Å². The molecular weight excluding hydrogens is 376 g/mol. The molecule has 0 spiro atoms. The van der Waals surface area contributed by atoms with Crippen molar-refractivity contribution in [3.63, 3.8) is 0 Å². The SMILES string of the molecule is C=C1[C@H]2[C@@H](OCOCC[Si](C)(C)C)C[C@@H](C)[C@@]1(C)CC/C(C)=C/CCC#C[C@@H]2O. The summed E-state index contributed by atoms with van der Waals surface area (Å²) in [6.07, 6.45) is 6.24. The third kappa shape index (κ3) is 6.82. The molecule has 0 aromatic carbocycles. The Morgan fingerprint density at radius 3 is 2.76 bits per heavy atom. The highest BCUT2D eigenvalue weighted by molar-refractivity contribution is 6.76. The molecule has 0 aliphatic heterocycles. The van der Waals surface area contributed by atoms with Crippen molar-refractivity contribution in [1.29, 1.82) is 0 Å². The summed E-state index contributed by atoms with van der Waals surface area (Å²) in [5, 5.41) is 10.9. The molecule has 0 aromatic rings. The van der Waals surface area contributed by atoms with Crippen LogP contribution in [0, 0.1) is 29.1 Å². The van der Waals surface area contributed by atoms with E-state index < -0.39 is 14.2 Å². The first-order valence-electron chi connectivity index (χ1n) is 11.3. The average Bonchev–Trinajstić information content (AvgIpc) is 2.62. The summed E-state index contributed by atoms with van der Waals surface area (Å²) >= 11 is 0. The molecule has 5 atom stereocenters. The Labute approximate surface area is 180 Å². The van der Waals surface area contributed by atoms with Crippen LogP contribution >= 0.6 is 0 Å². The fourth-order valence-corrected chi connectivity index (χ4v) is 5.20. The number of aliphatic hydroxyl groups is 1. The van der Waals surface area contributed by atoms with Crippen LogP contribution in [0.1, 0.15) is 52.9 Å². The third-order valence-electron chi connectivity index (χ3n) is 6.96. The number of fused-ring (bicyclic) bond motifs is 2. The molecule has 3 nitrogen and oxygen atoms in total. The van der Waals surface area contributed by atoms with Crippen molar-refractivity contribution in [3.05, 3.63) is 23.8 Å². The Kier molecular flexibility index (Phi) is 8.79. The Hall–Kier alpha value is -0.863. The van der Waals surface area contributed by atoms with Gasteiger partial charge >= 0.3 is 0 Å². The molecule has 1 saturated carbocycles. The summed E-state index contributed by atoms with van der Waals surface area (Å²) in [5.41, 5.74) is 2.51. The molecule has 1 N–H and O–H groups in total. The fourth-order valence-electron chi connectivity index (χ4n) is 4.44. The van der Waals surface area contributed by atoms with Gasteiger partial charge in [0.2, 0.25) is 0 Å². The van der Waals surface area contributed by atoms with Gasteiger partial charge in [0.15, 0.2) is 0 Å². The monoisotopic (exact) mass is 418 g/mol. The highest BCUT2D eigenvalue weighted by atomic mass is 28.3. The van der Waals surface area contributed by atoms with Crippen LogP contribution in [0.3, 0.4) is 0 Å². The summed E-state index contributed by atoms with van der Waals surface area (Å²) in [7, 11) is -1.10. The van der Waals surface area contributed by atoms with Crippen LogP contribution in [0.25, 0.3) is 0 Å². The molecule has 0 aromatic heterocycles. The van der Waals surface area contributed by atoms with Crippen molar-refractivity contribution < 1.29 is 14.6 Å². The van der Waals surface area contributed by atoms with Gasteiger partial charge in [-0.2, -0.15) is 0 Å². The van der Waals surface area contributed by atoms with Gasteiger partial charge in [-0.1, -0.05) is 63.2 Å². The van der Waals surface area contributed by atoms with Crippen molar-refractivity contribution in [2.24, 2.45) is 17.3 Å². The van der Waals surface area contributed by atoms with Crippen LogP contribution in [0.4, 0.5) is 0 Å². The van der Waals surface area contributed by atoms with E-state index in [1.165, 1.54) is 5.57 Å². The predicted octanol–water partition coefficient (Wildman–Crippen LogP) is 5.79. The standard InChI is InChI=1S/C25H42O3Si/c1-19-11-9-8-10-12-22(26)24-21(3)25(4,14-13-19)20(2)17-23(24)28-18-27-15-16-29(5,6)7/h11,20,22-24,26H,3,8-9,13-18H2,1-2,4-7H3/b19-11+/t20-,22+,23+,24-,25-/m1/s1. The highest BCUT2D eigenvalue weighted by Crippen LogP contribution is 2.52. The molecule has 1 fully saturated rings. The van der Waals surface area contributed by atoms with E-state index in [0.29, 0.717) is 5.92 Å². The van der Waals surface area contributed by atoms with Gasteiger partial charge in [-0.25, -0.2) is 0 Å². The second-order valence-corrected chi connectivity index (χ2v) is 16.1. The van der Waals surface area contributed by atoms with E-state index in [-0.39, 0.29) is 24.2 Å². The van der Waals surface area contributed by atoms with Gasteiger partial charge in [-0.3, -0.25) is 0 Å². The molecule has 0 heterocycles. The molecule has 29 heavy (non-hydrogen) atoms. The van der Waals surface area contributed by atoms with Gasteiger partial charge in [-0.05, 0) is 50.0 Å². The molecule has 164 valence electrons. The molecule has 2 rings (SSSR count). The number of hydrogen-bond donors (Lipinski definition) is 1. The first kappa shape index (κ1) is 24.4. The Morgan fingerprint density at radius 1 is 1.34 bits per heavy atom. The lowest BCUT2D eigenvalue weighted by Crippen LogP contribution is -2.48. The number of aliphatic hydroxyl groups excluding tert-OH is 1. The predicted molar refractivity (Wildman–Crippen MR) is 124 cm³/mol. The molecule has 2 aliphatic carbocycles. The topological polar surface area (TPSA) is 38.7 Å². The summed E-state index contributed by atoms with van der Waals surface area (Å²) in [6.45, 7) is 19.4. The lowest BCUT2D eigenvalue weighted by Gasteiger charge is -2.50. The lowest BCUT2D eigenvalue weighted by atomic mass is 9.57. The van der Waals surface area contributed by atoms with E-state index in [0.717, 1.165) is 50.3 Å². The molecular formula is C25H42O3Si. The largest absolute Gasteiger partial charge is 0.380 e. The van der Waals surface area contributed by atoms with Crippen LogP contribution < -0.4 is 0 Å². The number of ether oxygens (including phenoxy) is 2. The maximum Gasteiger partial charge on any atom is 0.147 e. The quantitative estimate of drug-likeness (QED) is 0.195. The fraction of sp³-hybridized carbons (Fsp3) is 0.760. The zero-order valence-corrected chi connectivity index (χ0v) is 20.5. The van der Waals surface area contributed by atoms with Crippen molar-refractivity contribution in [1.82, 2.24) is 0 Å². The first-order valence-corrected chi connectivity index (χ1v) is 15.0. The summed E-state index contributed by atoms with van der Waals surface area (Å²) < 4.78 is 12.0. The van der Waals surface area contributed by atoms with Crippen molar-refractivity contribution >= 4 is 8.07 Å². The summed E-state index contributed by atoms with van der Waals surface area (Å²) in [6, 6.07) is 1.13. The maximum atomic E-state index is 10.9. The number of rotatable bonds is 6. The molecule has 0 saturated heterocycles. The zero-order valence-electron chi connectivity index (χ0n) is 19.5. The second-order valence-electron chi connectivity index (χ2n) is 10.5. The van der Waals surface area contributed by atoms with Gasteiger partial charge < -0.3 is 14.6 Å². The maximum absolute atomic E-state index is 10.9. The van der Waals surface area contributed by atoms with Crippen LogP contribution in [0.15, 0.2) is 23.8 Å². The zero-order chi connectivity index (χ0) is 21.7. The molecule has 0 amide bonds. The minimum atomic E-state index is -1.10. The van der Waals surface area contributed by atoms with E-state index in [1.54, 1.807) is 0 Å². The van der Waals surface area contributed by atoms with Gasteiger partial charge in [0.05, 0.1) is 6.10 Å². The van der Waals surface area contributed by atoms with E-state index in [9.17, 15) is 5.11 Å². The normalized spacial score (nSPS) is 35.6. The number of allylic oxidation sites excluding steroid dienone is 2. The molecule has 2 bridgehead atoms. The average molecular weight is 419 g/mol. The summed E-state index contributed by atoms with van der Waals surface area (Å²) in [4.78, 5) is 0.